The van der Waals surface area contributed by atoms with E-state index >= 15 is 0 Å². The number of aliphatic hydroxyl groups is 1. The first-order valence-electron chi connectivity index (χ1n) is 7.34. The maximum absolute atomic E-state index is 9.98. The van der Waals surface area contributed by atoms with Crippen LogP contribution in [0, 0.1) is 0 Å². The smallest absolute Gasteiger partial charge is 0.129 e. The van der Waals surface area contributed by atoms with E-state index in [4.69, 9.17) is 9.15 Å². The van der Waals surface area contributed by atoms with Crippen molar-refractivity contribution in [1.82, 2.24) is 5.32 Å². The van der Waals surface area contributed by atoms with Crippen molar-refractivity contribution in [2.75, 3.05) is 13.2 Å². The molecule has 2 atom stereocenters. The molecule has 0 aliphatic heterocycles. The molecule has 5 heteroatoms. The Balaban J connectivity index is 1.67. The van der Waals surface area contributed by atoms with Crippen molar-refractivity contribution in [3.8, 4) is 0 Å². The molecule has 0 aromatic carbocycles. The quantitative estimate of drug-likeness (QED) is 0.707. The lowest BCUT2D eigenvalue weighted by Gasteiger charge is -2.19. The van der Waals surface area contributed by atoms with Gasteiger partial charge in [0.05, 0.1) is 19.0 Å². The van der Waals surface area contributed by atoms with Crippen molar-refractivity contribution in [1.29, 1.82) is 0 Å². The van der Waals surface area contributed by atoms with Crippen molar-refractivity contribution in [2.24, 2.45) is 0 Å². The Hall–Kier alpha value is -1.14. The van der Waals surface area contributed by atoms with Crippen LogP contribution in [0.1, 0.15) is 36.4 Å². The van der Waals surface area contributed by atoms with Gasteiger partial charge in [-0.3, -0.25) is 0 Å². The maximum atomic E-state index is 9.98. The number of hydrogen-bond acceptors (Lipinski definition) is 5. The van der Waals surface area contributed by atoms with Crippen LogP contribution in [-0.2, 0) is 11.3 Å². The lowest BCUT2D eigenvalue weighted by molar-refractivity contribution is 0.0214. The number of rotatable bonds is 10. The largest absolute Gasteiger partial charge is 0.467 e. The highest BCUT2D eigenvalue weighted by atomic mass is 32.1. The monoisotopic (exact) mass is 309 g/mol. The van der Waals surface area contributed by atoms with E-state index < -0.39 is 6.10 Å². The molecule has 0 saturated heterocycles. The molecule has 0 aliphatic rings. The van der Waals surface area contributed by atoms with Gasteiger partial charge in [-0.2, -0.15) is 0 Å². The fourth-order valence-electron chi connectivity index (χ4n) is 2.15. The average molecular weight is 309 g/mol. The molecule has 0 bridgehead atoms. The van der Waals surface area contributed by atoms with Gasteiger partial charge in [-0.1, -0.05) is 19.4 Å². The molecule has 0 radical (unpaired) electrons. The Morgan fingerprint density at radius 2 is 2.29 bits per heavy atom. The van der Waals surface area contributed by atoms with Crippen LogP contribution in [-0.4, -0.2) is 24.4 Å². The average Bonchev–Trinajstić information content (AvgIpc) is 3.16. The van der Waals surface area contributed by atoms with Crippen LogP contribution in [0.2, 0.25) is 0 Å². The number of ether oxygens (including phenoxy) is 1. The van der Waals surface area contributed by atoms with Crippen molar-refractivity contribution < 1.29 is 14.3 Å². The third-order valence-corrected chi connectivity index (χ3v) is 4.18. The van der Waals surface area contributed by atoms with E-state index in [1.807, 2.05) is 12.1 Å². The van der Waals surface area contributed by atoms with Crippen molar-refractivity contribution in [3.63, 3.8) is 0 Å². The molecule has 116 valence electrons. The minimum Gasteiger partial charge on any atom is -0.467 e. The van der Waals surface area contributed by atoms with E-state index in [1.165, 1.54) is 4.88 Å². The predicted molar refractivity (Wildman–Crippen MR) is 84.3 cm³/mol. The van der Waals surface area contributed by atoms with Crippen LogP contribution in [0.25, 0.3) is 0 Å². The Kier molecular flexibility index (Phi) is 6.95. The molecular formula is C16H23NO3S. The van der Waals surface area contributed by atoms with Gasteiger partial charge >= 0.3 is 0 Å². The SMILES string of the molecule is CCCC(NCC(O)COCc1ccco1)c1cccs1. The molecule has 2 rings (SSSR count). The van der Waals surface area contributed by atoms with Gasteiger partial charge < -0.3 is 19.6 Å². The molecule has 2 aromatic rings. The van der Waals surface area contributed by atoms with Gasteiger partial charge in [-0.15, -0.1) is 11.3 Å². The highest BCUT2D eigenvalue weighted by Gasteiger charge is 2.13. The molecule has 2 aromatic heterocycles. The van der Waals surface area contributed by atoms with Crippen LogP contribution in [0.3, 0.4) is 0 Å². The topological polar surface area (TPSA) is 54.6 Å². The summed E-state index contributed by atoms with van der Waals surface area (Å²) in [4.78, 5) is 1.32. The molecule has 0 spiro atoms. The molecule has 4 nitrogen and oxygen atoms in total. The summed E-state index contributed by atoms with van der Waals surface area (Å²) in [6, 6.07) is 8.20. The first-order valence-corrected chi connectivity index (χ1v) is 8.22. The van der Waals surface area contributed by atoms with E-state index in [1.54, 1.807) is 17.6 Å². The van der Waals surface area contributed by atoms with Gasteiger partial charge in [-0.25, -0.2) is 0 Å². The predicted octanol–water partition coefficient (Wildman–Crippen LogP) is 3.35. The summed E-state index contributed by atoms with van der Waals surface area (Å²) in [5.74, 6) is 0.776. The van der Waals surface area contributed by atoms with E-state index in [2.05, 4.69) is 29.8 Å². The standard InChI is InChI=1S/C16H23NO3S/c1-2-5-15(16-7-4-9-21-16)17-10-13(18)11-19-12-14-6-3-8-20-14/h3-4,6-9,13,15,17-18H,2,5,10-12H2,1H3. The number of nitrogens with one attached hydrogen (secondary N) is 1. The van der Waals surface area contributed by atoms with E-state index in [-0.39, 0.29) is 0 Å². The Morgan fingerprint density at radius 3 is 2.95 bits per heavy atom. The van der Waals surface area contributed by atoms with Crippen LogP contribution in [0.4, 0.5) is 0 Å². The van der Waals surface area contributed by atoms with Crippen LogP contribution >= 0.6 is 11.3 Å². The molecule has 0 fully saturated rings. The third kappa shape index (κ3) is 5.63. The van der Waals surface area contributed by atoms with E-state index in [9.17, 15) is 5.11 Å². The number of hydrogen-bond donors (Lipinski definition) is 2. The highest BCUT2D eigenvalue weighted by Crippen LogP contribution is 2.23. The lowest BCUT2D eigenvalue weighted by atomic mass is 10.1. The molecule has 21 heavy (non-hydrogen) atoms. The van der Waals surface area contributed by atoms with Gasteiger partial charge in [0.25, 0.3) is 0 Å². The second kappa shape index (κ2) is 9.00. The van der Waals surface area contributed by atoms with Gasteiger partial charge in [0.2, 0.25) is 0 Å². The van der Waals surface area contributed by atoms with Crippen molar-refractivity contribution in [3.05, 3.63) is 46.5 Å². The van der Waals surface area contributed by atoms with Crippen LogP contribution in [0.5, 0.6) is 0 Å². The van der Waals surface area contributed by atoms with Crippen LogP contribution in [0.15, 0.2) is 40.3 Å². The molecule has 0 saturated carbocycles. The van der Waals surface area contributed by atoms with Gasteiger partial charge in [0.1, 0.15) is 12.4 Å². The first kappa shape index (κ1) is 16.2. The zero-order valence-corrected chi connectivity index (χ0v) is 13.1. The zero-order valence-electron chi connectivity index (χ0n) is 12.3. The minimum absolute atomic E-state index is 0.303. The number of thiophene rings is 1. The molecule has 2 heterocycles. The number of furan rings is 1. The molecule has 0 amide bonds. The van der Waals surface area contributed by atoms with Gasteiger partial charge in [0, 0.05) is 17.5 Å². The summed E-state index contributed by atoms with van der Waals surface area (Å²) in [6.07, 6.45) is 3.29. The molecule has 2 N–H and O–H groups in total. The third-order valence-electron chi connectivity index (χ3n) is 3.20. The van der Waals surface area contributed by atoms with Gasteiger partial charge in [-0.05, 0) is 30.0 Å². The summed E-state index contributed by atoms with van der Waals surface area (Å²) in [7, 11) is 0. The lowest BCUT2D eigenvalue weighted by Crippen LogP contribution is -2.32. The fourth-order valence-corrected chi connectivity index (χ4v) is 2.99. The van der Waals surface area contributed by atoms with E-state index in [0.717, 1.165) is 18.6 Å². The molecule has 2 unspecified atom stereocenters. The summed E-state index contributed by atoms with van der Waals surface area (Å²) < 4.78 is 10.6. The highest BCUT2D eigenvalue weighted by molar-refractivity contribution is 7.10. The molecule has 0 aliphatic carbocycles. The summed E-state index contributed by atoms with van der Waals surface area (Å²) in [5, 5.41) is 15.5. The number of aliphatic hydroxyl groups excluding tert-OH is 1. The van der Waals surface area contributed by atoms with Crippen molar-refractivity contribution in [2.45, 2.75) is 38.5 Å². The Morgan fingerprint density at radius 1 is 1.38 bits per heavy atom. The minimum atomic E-state index is -0.515. The maximum Gasteiger partial charge on any atom is 0.129 e. The van der Waals surface area contributed by atoms with Crippen molar-refractivity contribution >= 4 is 11.3 Å². The normalized spacial score (nSPS) is 14.2. The first-order chi connectivity index (χ1) is 10.3. The van der Waals surface area contributed by atoms with Gasteiger partial charge in [0.15, 0.2) is 0 Å². The summed E-state index contributed by atoms with van der Waals surface area (Å²) in [6.45, 7) is 3.40. The summed E-state index contributed by atoms with van der Waals surface area (Å²) >= 11 is 1.75. The fraction of sp³-hybridized carbons (Fsp3) is 0.500. The Bertz CT molecular complexity index is 470. The second-order valence-corrected chi connectivity index (χ2v) is 5.99. The van der Waals surface area contributed by atoms with E-state index in [0.29, 0.717) is 25.8 Å². The summed E-state index contributed by atoms with van der Waals surface area (Å²) in [5.41, 5.74) is 0. The molecular weight excluding hydrogens is 286 g/mol. The van der Waals surface area contributed by atoms with Crippen LogP contribution < -0.4 is 5.32 Å². The Labute approximate surface area is 129 Å². The second-order valence-electron chi connectivity index (χ2n) is 5.01. The zero-order chi connectivity index (χ0) is 14.9.